The zero-order valence-electron chi connectivity index (χ0n) is 14.8. The molecular weight excluding hydrogens is 343 g/mol. The Hall–Kier alpha value is -3.18. The normalized spacial score (nSPS) is 11.7. The van der Waals surface area contributed by atoms with Gasteiger partial charge < -0.3 is 15.8 Å². The number of carbonyl (C=O) groups excluding carboxylic acids is 1. The van der Waals surface area contributed by atoms with Gasteiger partial charge in [-0.05, 0) is 41.8 Å². The standard InChI is InChI=1S/C22H21FN2O2/c23-18-7-4-8-20(15-18)27-19-11-9-16(10-12-19)13-14-25-21(22(24)26)17-5-2-1-3-6-17/h1-12,15,21,25H,13-14H2,(H2,24,26)/t21-/m0/s1. The first-order valence-electron chi connectivity index (χ1n) is 8.72. The van der Waals surface area contributed by atoms with Gasteiger partial charge >= 0.3 is 0 Å². The summed E-state index contributed by atoms with van der Waals surface area (Å²) in [6, 6.07) is 22.5. The van der Waals surface area contributed by atoms with Gasteiger partial charge in [0.2, 0.25) is 5.91 Å². The zero-order chi connectivity index (χ0) is 19.1. The van der Waals surface area contributed by atoms with Crippen LogP contribution in [0.2, 0.25) is 0 Å². The molecule has 0 aliphatic heterocycles. The first-order valence-corrected chi connectivity index (χ1v) is 8.72. The molecular formula is C22H21FN2O2. The minimum Gasteiger partial charge on any atom is -0.457 e. The molecule has 4 nitrogen and oxygen atoms in total. The number of primary amides is 1. The molecule has 1 amide bonds. The van der Waals surface area contributed by atoms with Gasteiger partial charge in [0, 0.05) is 12.6 Å². The lowest BCUT2D eigenvalue weighted by Gasteiger charge is -2.16. The number of hydrogen-bond donors (Lipinski definition) is 2. The van der Waals surface area contributed by atoms with Gasteiger partial charge in [-0.25, -0.2) is 4.39 Å². The highest BCUT2D eigenvalue weighted by Crippen LogP contribution is 2.22. The van der Waals surface area contributed by atoms with Crippen LogP contribution in [-0.2, 0) is 11.2 Å². The van der Waals surface area contributed by atoms with Crippen molar-refractivity contribution in [1.29, 1.82) is 0 Å². The lowest BCUT2D eigenvalue weighted by atomic mass is 10.1. The molecule has 138 valence electrons. The smallest absolute Gasteiger partial charge is 0.239 e. The third-order valence-electron chi connectivity index (χ3n) is 4.13. The molecule has 3 N–H and O–H groups in total. The molecule has 0 spiro atoms. The largest absolute Gasteiger partial charge is 0.457 e. The topological polar surface area (TPSA) is 64.4 Å². The van der Waals surface area contributed by atoms with Gasteiger partial charge in [-0.1, -0.05) is 48.5 Å². The molecule has 3 rings (SSSR count). The molecule has 3 aromatic carbocycles. The Bertz CT molecular complexity index is 882. The average Bonchev–Trinajstić information content (AvgIpc) is 2.67. The molecule has 0 aliphatic rings. The molecule has 0 aliphatic carbocycles. The van der Waals surface area contributed by atoms with Gasteiger partial charge in [0.1, 0.15) is 23.4 Å². The zero-order valence-corrected chi connectivity index (χ0v) is 14.8. The second-order valence-electron chi connectivity index (χ2n) is 6.15. The first kappa shape index (κ1) is 18.6. The van der Waals surface area contributed by atoms with Gasteiger partial charge in [-0.2, -0.15) is 0 Å². The van der Waals surface area contributed by atoms with Crippen LogP contribution in [0, 0.1) is 5.82 Å². The van der Waals surface area contributed by atoms with Crippen LogP contribution in [0.1, 0.15) is 17.2 Å². The summed E-state index contributed by atoms with van der Waals surface area (Å²) < 4.78 is 18.8. The van der Waals surface area contributed by atoms with Crippen LogP contribution in [0.4, 0.5) is 4.39 Å². The predicted molar refractivity (Wildman–Crippen MR) is 103 cm³/mol. The van der Waals surface area contributed by atoms with Gasteiger partial charge in [-0.3, -0.25) is 4.79 Å². The Morgan fingerprint density at radius 1 is 0.963 bits per heavy atom. The second kappa shape index (κ2) is 8.96. The number of nitrogens with one attached hydrogen (secondary N) is 1. The molecule has 0 fully saturated rings. The van der Waals surface area contributed by atoms with E-state index in [4.69, 9.17) is 10.5 Å². The highest BCUT2D eigenvalue weighted by atomic mass is 19.1. The Morgan fingerprint density at radius 3 is 2.37 bits per heavy atom. The predicted octanol–water partition coefficient (Wildman–Crippen LogP) is 3.98. The number of rotatable bonds is 8. The highest BCUT2D eigenvalue weighted by molar-refractivity contribution is 5.81. The van der Waals surface area contributed by atoms with Crippen LogP contribution in [0.15, 0.2) is 78.9 Å². The van der Waals surface area contributed by atoms with Gasteiger partial charge in [-0.15, -0.1) is 0 Å². The first-order chi connectivity index (χ1) is 13.1. The third-order valence-corrected chi connectivity index (χ3v) is 4.13. The molecule has 5 heteroatoms. The molecule has 0 bridgehead atoms. The second-order valence-corrected chi connectivity index (χ2v) is 6.15. The Labute approximate surface area is 157 Å². The van der Waals surface area contributed by atoms with Crippen molar-refractivity contribution in [2.45, 2.75) is 12.5 Å². The van der Waals surface area contributed by atoms with Crippen molar-refractivity contribution in [3.8, 4) is 11.5 Å². The summed E-state index contributed by atoms with van der Waals surface area (Å²) in [6.07, 6.45) is 0.733. The van der Waals surface area contributed by atoms with Crippen molar-refractivity contribution in [2.75, 3.05) is 6.54 Å². The van der Waals surface area contributed by atoms with Gasteiger partial charge in [0.15, 0.2) is 0 Å². The molecule has 0 unspecified atom stereocenters. The summed E-state index contributed by atoms with van der Waals surface area (Å²) in [5, 5.41) is 3.20. The number of carbonyl (C=O) groups is 1. The summed E-state index contributed by atoms with van der Waals surface area (Å²) in [5.74, 6) is 0.353. The summed E-state index contributed by atoms with van der Waals surface area (Å²) in [4.78, 5) is 11.7. The molecule has 0 saturated carbocycles. The fourth-order valence-corrected chi connectivity index (χ4v) is 2.78. The van der Waals surface area contributed by atoms with Crippen LogP contribution in [0.25, 0.3) is 0 Å². The lowest BCUT2D eigenvalue weighted by molar-refractivity contribution is -0.120. The van der Waals surface area contributed by atoms with Crippen LogP contribution in [-0.4, -0.2) is 12.5 Å². The van der Waals surface area contributed by atoms with E-state index in [9.17, 15) is 9.18 Å². The van der Waals surface area contributed by atoms with E-state index in [2.05, 4.69) is 5.32 Å². The minimum atomic E-state index is -0.512. The van der Waals surface area contributed by atoms with E-state index < -0.39 is 11.9 Å². The van der Waals surface area contributed by atoms with E-state index in [0.29, 0.717) is 18.0 Å². The summed E-state index contributed by atoms with van der Waals surface area (Å²) in [6.45, 7) is 0.604. The van der Waals surface area contributed by atoms with Crippen molar-refractivity contribution in [3.63, 3.8) is 0 Å². The Balaban J connectivity index is 1.54. The fourth-order valence-electron chi connectivity index (χ4n) is 2.78. The van der Waals surface area contributed by atoms with Crippen molar-refractivity contribution < 1.29 is 13.9 Å². The Morgan fingerprint density at radius 2 is 1.70 bits per heavy atom. The van der Waals surface area contributed by atoms with E-state index in [1.165, 1.54) is 12.1 Å². The third kappa shape index (κ3) is 5.39. The average molecular weight is 364 g/mol. The van der Waals surface area contributed by atoms with Crippen LogP contribution in [0.3, 0.4) is 0 Å². The maximum Gasteiger partial charge on any atom is 0.239 e. The number of hydrogen-bond acceptors (Lipinski definition) is 3. The van der Waals surface area contributed by atoms with Crippen LogP contribution in [0.5, 0.6) is 11.5 Å². The molecule has 0 saturated heterocycles. The molecule has 1 atom stereocenters. The summed E-state index contributed by atoms with van der Waals surface area (Å²) >= 11 is 0. The monoisotopic (exact) mass is 364 g/mol. The van der Waals surface area contributed by atoms with Crippen molar-refractivity contribution in [2.24, 2.45) is 5.73 Å². The highest BCUT2D eigenvalue weighted by Gasteiger charge is 2.16. The van der Waals surface area contributed by atoms with Gasteiger partial charge in [0.25, 0.3) is 0 Å². The van der Waals surface area contributed by atoms with Crippen molar-refractivity contribution in [1.82, 2.24) is 5.32 Å². The number of ether oxygens (including phenoxy) is 1. The lowest BCUT2D eigenvalue weighted by Crippen LogP contribution is -2.34. The summed E-state index contributed by atoms with van der Waals surface area (Å²) in [7, 11) is 0. The van der Waals surface area contributed by atoms with E-state index in [-0.39, 0.29) is 5.82 Å². The van der Waals surface area contributed by atoms with E-state index in [1.54, 1.807) is 12.1 Å². The van der Waals surface area contributed by atoms with E-state index in [0.717, 1.165) is 17.5 Å². The molecule has 27 heavy (non-hydrogen) atoms. The Kier molecular flexibility index (Phi) is 6.18. The number of halogens is 1. The van der Waals surface area contributed by atoms with Gasteiger partial charge in [0.05, 0.1) is 0 Å². The summed E-state index contributed by atoms with van der Waals surface area (Å²) in [5.41, 5.74) is 7.45. The molecule has 3 aromatic rings. The molecule has 0 aromatic heterocycles. The maximum atomic E-state index is 13.2. The minimum absolute atomic E-state index is 0.336. The maximum absolute atomic E-state index is 13.2. The quantitative estimate of drug-likeness (QED) is 0.635. The molecule has 0 radical (unpaired) electrons. The van der Waals surface area contributed by atoms with Crippen molar-refractivity contribution >= 4 is 5.91 Å². The fraction of sp³-hybridized carbons (Fsp3) is 0.136. The number of benzene rings is 3. The number of nitrogens with two attached hydrogens (primary N) is 1. The molecule has 0 heterocycles. The van der Waals surface area contributed by atoms with Crippen molar-refractivity contribution in [3.05, 3.63) is 95.8 Å². The van der Waals surface area contributed by atoms with Crippen LogP contribution >= 0.6 is 0 Å². The van der Waals surface area contributed by atoms with Crippen LogP contribution < -0.4 is 15.8 Å². The SMILES string of the molecule is NC(=O)[C@@H](NCCc1ccc(Oc2cccc(F)c2)cc1)c1ccccc1. The van der Waals surface area contributed by atoms with E-state index >= 15 is 0 Å². The number of amides is 1. The van der Waals surface area contributed by atoms with E-state index in [1.807, 2.05) is 54.6 Å².